The second-order valence-electron chi connectivity index (χ2n) is 3.97. The van der Waals surface area contributed by atoms with Crippen LogP contribution in [0.4, 0.5) is 0 Å². The van der Waals surface area contributed by atoms with Crippen molar-refractivity contribution in [3.63, 3.8) is 0 Å². The lowest BCUT2D eigenvalue weighted by Crippen LogP contribution is -2.32. The Morgan fingerprint density at radius 2 is 1.80 bits per heavy atom. The van der Waals surface area contributed by atoms with Crippen molar-refractivity contribution in [2.75, 3.05) is 6.54 Å². The maximum atomic E-state index is 11.3. The van der Waals surface area contributed by atoms with Crippen LogP contribution in [0.1, 0.15) is 18.4 Å². The molecule has 108 valence electrons. The van der Waals surface area contributed by atoms with Gasteiger partial charge in [0, 0.05) is 6.54 Å². The Kier molecular flexibility index (Phi) is 6.77. The summed E-state index contributed by atoms with van der Waals surface area (Å²) in [5.41, 5.74) is 3.03. The minimum absolute atomic E-state index is 0.00762. The van der Waals surface area contributed by atoms with Crippen LogP contribution in [0, 0.1) is 0 Å². The molecule has 3 N–H and O–H groups in total. The van der Waals surface area contributed by atoms with Crippen LogP contribution in [0.5, 0.6) is 0 Å². The molecule has 0 aliphatic carbocycles. The van der Waals surface area contributed by atoms with Gasteiger partial charge in [0.1, 0.15) is 6.42 Å². The van der Waals surface area contributed by atoms with Gasteiger partial charge >= 0.3 is 5.97 Å². The Balaban J connectivity index is 2.13. The second-order valence-corrected chi connectivity index (χ2v) is 3.97. The number of amides is 2. The van der Waals surface area contributed by atoms with Crippen molar-refractivity contribution in [1.29, 1.82) is 0 Å². The zero-order valence-corrected chi connectivity index (χ0v) is 10.8. The van der Waals surface area contributed by atoms with E-state index in [0.29, 0.717) is 0 Å². The Morgan fingerprint density at radius 3 is 2.45 bits per heavy atom. The van der Waals surface area contributed by atoms with E-state index in [4.69, 9.17) is 9.94 Å². The predicted molar refractivity (Wildman–Crippen MR) is 69.3 cm³/mol. The van der Waals surface area contributed by atoms with E-state index in [1.54, 1.807) is 0 Å². The molecule has 0 fully saturated rings. The van der Waals surface area contributed by atoms with Crippen molar-refractivity contribution < 1.29 is 24.3 Å². The molecule has 0 spiro atoms. The molecule has 0 atom stereocenters. The Hall–Kier alpha value is -2.41. The summed E-state index contributed by atoms with van der Waals surface area (Å²) in [6.45, 7) is 0.194. The largest absolute Gasteiger partial charge is 0.481 e. The Labute approximate surface area is 115 Å². The highest BCUT2D eigenvalue weighted by atomic mass is 16.6. The van der Waals surface area contributed by atoms with Crippen LogP contribution in [-0.4, -0.2) is 29.4 Å². The first-order valence-electron chi connectivity index (χ1n) is 6.01. The quantitative estimate of drug-likeness (QED) is 0.466. The van der Waals surface area contributed by atoms with E-state index in [1.807, 2.05) is 30.3 Å². The van der Waals surface area contributed by atoms with Crippen LogP contribution in [0.3, 0.4) is 0 Å². The van der Waals surface area contributed by atoms with Crippen LogP contribution in [0.15, 0.2) is 30.3 Å². The van der Waals surface area contributed by atoms with Gasteiger partial charge in [-0.1, -0.05) is 30.3 Å². The zero-order chi connectivity index (χ0) is 14.8. The van der Waals surface area contributed by atoms with Gasteiger partial charge in [-0.25, -0.2) is 5.48 Å². The van der Waals surface area contributed by atoms with Crippen LogP contribution < -0.4 is 10.8 Å². The van der Waals surface area contributed by atoms with Crippen molar-refractivity contribution in [3.05, 3.63) is 35.9 Å². The minimum atomic E-state index is -1.01. The van der Waals surface area contributed by atoms with Crippen LogP contribution in [0.2, 0.25) is 0 Å². The van der Waals surface area contributed by atoms with E-state index < -0.39 is 24.2 Å². The van der Waals surface area contributed by atoms with Crippen LogP contribution in [-0.2, 0) is 25.8 Å². The number of carbonyl (C=O) groups excluding carboxylic acids is 2. The maximum absolute atomic E-state index is 11.3. The maximum Gasteiger partial charge on any atom is 0.305 e. The highest BCUT2D eigenvalue weighted by molar-refractivity contribution is 5.96. The van der Waals surface area contributed by atoms with E-state index in [1.165, 1.54) is 0 Å². The molecule has 0 aliphatic rings. The number of carbonyl (C=O) groups is 3. The number of hydrogen-bond acceptors (Lipinski definition) is 4. The van der Waals surface area contributed by atoms with Gasteiger partial charge in [-0.15, -0.1) is 0 Å². The van der Waals surface area contributed by atoms with Gasteiger partial charge in [0.15, 0.2) is 0 Å². The molecular weight excluding hydrogens is 264 g/mol. The molecule has 0 unspecified atom stereocenters. The molecule has 0 bridgehead atoms. The highest BCUT2D eigenvalue weighted by Gasteiger charge is 2.09. The molecule has 1 aromatic carbocycles. The molecule has 7 heteroatoms. The summed E-state index contributed by atoms with van der Waals surface area (Å²) in [4.78, 5) is 37.8. The number of hydroxylamine groups is 1. The molecule has 7 nitrogen and oxygen atoms in total. The Bertz CT molecular complexity index is 461. The van der Waals surface area contributed by atoms with Gasteiger partial charge in [-0.2, -0.15) is 0 Å². The Morgan fingerprint density at radius 1 is 1.10 bits per heavy atom. The van der Waals surface area contributed by atoms with Gasteiger partial charge in [-0.3, -0.25) is 19.2 Å². The van der Waals surface area contributed by atoms with E-state index >= 15 is 0 Å². The van der Waals surface area contributed by atoms with Gasteiger partial charge in [0.05, 0.1) is 13.0 Å². The first-order valence-corrected chi connectivity index (χ1v) is 6.01. The molecule has 0 saturated carbocycles. The fraction of sp³-hybridized carbons (Fsp3) is 0.308. The summed E-state index contributed by atoms with van der Waals surface area (Å²) >= 11 is 0. The molecular formula is C13H16N2O5. The van der Waals surface area contributed by atoms with Gasteiger partial charge in [-0.05, 0) is 5.56 Å². The van der Waals surface area contributed by atoms with Crippen molar-refractivity contribution >= 4 is 17.8 Å². The number of carboxylic acid groups (broad SMARTS) is 1. The van der Waals surface area contributed by atoms with E-state index in [-0.39, 0.29) is 19.6 Å². The molecule has 2 amide bonds. The molecule has 20 heavy (non-hydrogen) atoms. The predicted octanol–water partition coefficient (Wildman–Crippen LogP) is 0.215. The molecule has 0 saturated heterocycles. The number of aliphatic carboxylic acids is 1. The molecule has 1 aromatic rings. The van der Waals surface area contributed by atoms with Crippen molar-refractivity contribution in [2.45, 2.75) is 19.4 Å². The molecule has 0 radical (unpaired) electrons. The lowest BCUT2D eigenvalue weighted by Gasteiger charge is -2.06. The number of benzene rings is 1. The van der Waals surface area contributed by atoms with Gasteiger partial charge in [0.25, 0.3) is 5.91 Å². The number of hydrogen-bond donors (Lipinski definition) is 3. The monoisotopic (exact) mass is 280 g/mol. The van der Waals surface area contributed by atoms with Gasteiger partial charge < -0.3 is 10.4 Å². The molecule has 0 aliphatic heterocycles. The molecule has 0 aromatic heterocycles. The summed E-state index contributed by atoms with van der Waals surface area (Å²) in [7, 11) is 0. The van der Waals surface area contributed by atoms with Crippen molar-refractivity contribution in [1.82, 2.24) is 10.8 Å². The summed E-state index contributed by atoms with van der Waals surface area (Å²) in [6, 6.07) is 9.23. The normalized spacial score (nSPS) is 9.80. The molecule has 1 rings (SSSR count). The van der Waals surface area contributed by atoms with Crippen molar-refractivity contribution in [3.8, 4) is 0 Å². The summed E-state index contributed by atoms with van der Waals surface area (Å²) < 4.78 is 0. The first-order chi connectivity index (χ1) is 9.58. The zero-order valence-electron chi connectivity index (χ0n) is 10.8. The summed E-state index contributed by atoms with van der Waals surface area (Å²) in [6.07, 6.45) is -0.591. The highest BCUT2D eigenvalue weighted by Crippen LogP contribution is 1.98. The molecule has 0 heterocycles. The third kappa shape index (κ3) is 7.12. The van der Waals surface area contributed by atoms with Crippen LogP contribution >= 0.6 is 0 Å². The van der Waals surface area contributed by atoms with Crippen molar-refractivity contribution in [2.24, 2.45) is 0 Å². The fourth-order valence-corrected chi connectivity index (χ4v) is 1.33. The third-order valence-electron chi connectivity index (χ3n) is 2.25. The smallest absolute Gasteiger partial charge is 0.305 e. The number of carboxylic acids is 1. The summed E-state index contributed by atoms with van der Waals surface area (Å²) in [5, 5.41) is 10.7. The first kappa shape index (κ1) is 15.6. The number of nitrogens with one attached hydrogen (secondary N) is 2. The lowest BCUT2D eigenvalue weighted by molar-refractivity contribution is -0.138. The van der Waals surface area contributed by atoms with E-state index in [9.17, 15) is 14.4 Å². The fourth-order valence-electron chi connectivity index (χ4n) is 1.33. The number of rotatable bonds is 8. The SMILES string of the molecule is O=C(O)CCNC(=O)CC(=O)NOCc1ccccc1. The average molecular weight is 280 g/mol. The van der Waals surface area contributed by atoms with Crippen LogP contribution in [0.25, 0.3) is 0 Å². The standard InChI is InChI=1S/C13H16N2O5/c16-11(14-7-6-13(18)19)8-12(17)15-20-9-10-4-2-1-3-5-10/h1-5H,6-9H2,(H,14,16)(H,15,17)(H,18,19). The van der Waals surface area contributed by atoms with E-state index in [2.05, 4.69) is 10.8 Å². The summed E-state index contributed by atoms with van der Waals surface area (Å²) in [5.74, 6) is -2.15. The third-order valence-corrected chi connectivity index (χ3v) is 2.25. The second kappa shape index (κ2) is 8.65. The topological polar surface area (TPSA) is 105 Å². The minimum Gasteiger partial charge on any atom is -0.481 e. The van der Waals surface area contributed by atoms with E-state index in [0.717, 1.165) is 5.56 Å². The van der Waals surface area contributed by atoms with Gasteiger partial charge in [0.2, 0.25) is 5.91 Å². The lowest BCUT2D eigenvalue weighted by atomic mass is 10.2. The average Bonchev–Trinajstić information content (AvgIpc) is 2.39.